The molecule has 0 saturated heterocycles. The van der Waals surface area contributed by atoms with E-state index in [4.69, 9.17) is 0 Å². The number of fused-ring (bicyclic) bond motifs is 2. The Hall–Kier alpha value is -4.06. The Morgan fingerprint density at radius 2 is 1.42 bits per heavy atom. The van der Waals surface area contributed by atoms with Crippen LogP contribution in [0.2, 0.25) is 0 Å². The van der Waals surface area contributed by atoms with Gasteiger partial charge in [-0.15, -0.1) is 0 Å². The second kappa shape index (κ2) is 7.81. The van der Waals surface area contributed by atoms with Gasteiger partial charge in [0, 0.05) is 44.8 Å². The van der Waals surface area contributed by atoms with E-state index in [0.717, 1.165) is 28.5 Å². The average Bonchev–Trinajstić information content (AvgIpc) is 3.39. The van der Waals surface area contributed by atoms with Gasteiger partial charge in [0.15, 0.2) is 11.5 Å². The topological polar surface area (TPSA) is 106 Å². The lowest BCUT2D eigenvalue weighted by Gasteiger charge is -2.19. The molecule has 2 aromatic heterocycles. The summed E-state index contributed by atoms with van der Waals surface area (Å²) < 4.78 is 0. The Balaban J connectivity index is 1.69. The summed E-state index contributed by atoms with van der Waals surface area (Å²) in [5.41, 5.74) is 2.83. The predicted octanol–water partition coefficient (Wildman–Crippen LogP) is 5.63. The summed E-state index contributed by atoms with van der Waals surface area (Å²) in [7, 11) is 0. The smallest absolute Gasteiger partial charge is 0.232 e. The Morgan fingerprint density at radius 1 is 0.818 bits per heavy atom. The van der Waals surface area contributed by atoms with E-state index in [9.17, 15) is 19.8 Å². The molecule has 0 aliphatic heterocycles. The van der Waals surface area contributed by atoms with Crippen molar-refractivity contribution in [1.29, 1.82) is 0 Å². The number of benzene rings is 2. The molecule has 0 radical (unpaired) electrons. The molecule has 0 fully saturated rings. The number of ketones is 2. The highest BCUT2D eigenvalue weighted by molar-refractivity contribution is 6.48. The molecule has 2 aromatic carbocycles. The Bertz CT molecular complexity index is 1500. The zero-order valence-electron chi connectivity index (χ0n) is 18.4. The molecule has 0 amide bonds. The fourth-order valence-corrected chi connectivity index (χ4v) is 4.54. The maximum atomic E-state index is 13.5. The number of aliphatic hydroxyl groups is 2. The van der Waals surface area contributed by atoms with E-state index in [1.807, 2.05) is 36.4 Å². The third-order valence-corrected chi connectivity index (χ3v) is 6.22. The summed E-state index contributed by atoms with van der Waals surface area (Å²) in [6.45, 7) is 4.22. The van der Waals surface area contributed by atoms with Gasteiger partial charge < -0.3 is 20.2 Å². The third-order valence-electron chi connectivity index (χ3n) is 6.22. The van der Waals surface area contributed by atoms with Crippen LogP contribution in [0.4, 0.5) is 0 Å². The molecule has 0 atom stereocenters. The quantitative estimate of drug-likeness (QED) is 0.302. The van der Waals surface area contributed by atoms with Gasteiger partial charge in [-0.25, -0.2) is 0 Å². The highest BCUT2D eigenvalue weighted by atomic mass is 16.3. The predicted molar refractivity (Wildman–Crippen MR) is 129 cm³/mol. The lowest BCUT2D eigenvalue weighted by molar-refractivity contribution is -0.116. The number of nitrogens with one attached hydrogen (secondary N) is 2. The summed E-state index contributed by atoms with van der Waals surface area (Å²) in [6, 6.07) is 14.7. The number of H-pyrrole nitrogens is 2. The lowest BCUT2D eigenvalue weighted by Crippen LogP contribution is -2.23. The molecule has 2 heterocycles. The Morgan fingerprint density at radius 3 is 2.15 bits per heavy atom. The van der Waals surface area contributed by atoms with E-state index in [1.165, 1.54) is 0 Å². The molecule has 1 aliphatic carbocycles. The van der Waals surface area contributed by atoms with Gasteiger partial charge in [0.25, 0.3) is 0 Å². The molecule has 0 saturated carbocycles. The summed E-state index contributed by atoms with van der Waals surface area (Å²) in [5, 5.41) is 23.4. The first-order chi connectivity index (χ1) is 15.9. The van der Waals surface area contributed by atoms with Crippen LogP contribution >= 0.6 is 0 Å². The highest BCUT2D eigenvalue weighted by Crippen LogP contribution is 2.40. The van der Waals surface area contributed by atoms with Crippen molar-refractivity contribution in [2.45, 2.75) is 26.7 Å². The molecule has 4 aromatic rings. The van der Waals surface area contributed by atoms with E-state index in [1.54, 1.807) is 18.3 Å². The van der Waals surface area contributed by atoms with Crippen LogP contribution in [0, 0.1) is 5.92 Å². The lowest BCUT2D eigenvalue weighted by atomic mass is 9.84. The highest BCUT2D eigenvalue weighted by Gasteiger charge is 2.39. The van der Waals surface area contributed by atoms with Gasteiger partial charge in [-0.05, 0) is 30.9 Å². The first-order valence-electron chi connectivity index (χ1n) is 11.0. The summed E-state index contributed by atoms with van der Waals surface area (Å²) >= 11 is 0. The van der Waals surface area contributed by atoms with Crippen molar-refractivity contribution in [3.8, 4) is 0 Å². The number of aromatic amines is 2. The third kappa shape index (κ3) is 3.26. The number of aliphatic hydroxyl groups excluding tert-OH is 2. The molecule has 6 nitrogen and oxygen atoms in total. The molecule has 33 heavy (non-hydrogen) atoms. The number of Topliss-reactive ketones (excluding diaryl/α,β-unsaturated/α-hetero) is 2. The molecule has 4 N–H and O–H groups in total. The van der Waals surface area contributed by atoms with Gasteiger partial charge in [-0.1, -0.05) is 50.2 Å². The van der Waals surface area contributed by atoms with Crippen LogP contribution in [0.3, 0.4) is 0 Å². The molecule has 0 unspecified atom stereocenters. The van der Waals surface area contributed by atoms with Crippen LogP contribution in [-0.2, 0) is 16.0 Å². The SMILES string of the molecule is CC(C)CCc1[nH]c2ccccc2c1C1=C(O)C(=O)C(c2c[nH]c3ccccc23)=C(O)C1=O. The second-order valence-corrected chi connectivity index (χ2v) is 8.81. The van der Waals surface area contributed by atoms with Gasteiger partial charge >= 0.3 is 0 Å². The Labute approximate surface area is 190 Å². The standard InChI is InChI=1S/C27H24N2O4/c1-14(2)11-12-20-21(16-8-4-6-10-19(16)29-20)23-26(32)24(30)22(25(31)27(23)33)17-13-28-18-9-5-3-7-15(17)18/h3-10,13-14,28-30,33H,11-12H2,1-2H3. The molecule has 0 spiro atoms. The van der Waals surface area contributed by atoms with Crippen LogP contribution in [-0.4, -0.2) is 31.7 Å². The van der Waals surface area contributed by atoms with Crippen molar-refractivity contribution in [2.24, 2.45) is 5.92 Å². The minimum atomic E-state index is -0.771. The van der Waals surface area contributed by atoms with E-state index < -0.39 is 23.1 Å². The number of aryl methyl sites for hydroxylation is 1. The molecule has 6 heteroatoms. The minimum Gasteiger partial charge on any atom is -0.504 e. The number of aromatic nitrogens is 2. The molecule has 166 valence electrons. The van der Waals surface area contributed by atoms with Gasteiger partial charge in [0.2, 0.25) is 11.6 Å². The van der Waals surface area contributed by atoms with Crippen molar-refractivity contribution in [3.05, 3.63) is 83.1 Å². The van der Waals surface area contributed by atoms with Crippen molar-refractivity contribution >= 4 is 44.5 Å². The fraction of sp³-hybridized carbons (Fsp3) is 0.185. The average molecular weight is 440 g/mol. The van der Waals surface area contributed by atoms with Gasteiger partial charge in [-0.2, -0.15) is 0 Å². The van der Waals surface area contributed by atoms with Gasteiger partial charge in [0.1, 0.15) is 0 Å². The monoisotopic (exact) mass is 440 g/mol. The molecular weight excluding hydrogens is 416 g/mol. The number of carbonyl (C=O) groups excluding carboxylic acids is 2. The van der Waals surface area contributed by atoms with Crippen molar-refractivity contribution < 1.29 is 19.8 Å². The van der Waals surface area contributed by atoms with Crippen molar-refractivity contribution in [2.75, 3.05) is 0 Å². The van der Waals surface area contributed by atoms with Gasteiger partial charge in [-0.3, -0.25) is 9.59 Å². The van der Waals surface area contributed by atoms with Crippen LogP contribution in [0.25, 0.3) is 33.0 Å². The van der Waals surface area contributed by atoms with Crippen LogP contribution in [0.5, 0.6) is 0 Å². The number of allylic oxidation sites excluding steroid dienone is 2. The van der Waals surface area contributed by atoms with Crippen LogP contribution < -0.4 is 0 Å². The zero-order valence-corrected chi connectivity index (χ0v) is 18.4. The minimum absolute atomic E-state index is 0.155. The molecule has 1 aliphatic rings. The molecule has 0 bridgehead atoms. The first kappa shape index (κ1) is 20.8. The number of carbonyl (C=O) groups is 2. The summed E-state index contributed by atoms with van der Waals surface area (Å²) in [6.07, 6.45) is 3.07. The zero-order chi connectivity index (χ0) is 23.3. The first-order valence-corrected chi connectivity index (χ1v) is 11.0. The fourth-order valence-electron chi connectivity index (χ4n) is 4.54. The van der Waals surface area contributed by atoms with E-state index in [-0.39, 0.29) is 11.1 Å². The summed E-state index contributed by atoms with van der Waals surface area (Å²) in [4.78, 5) is 33.2. The maximum Gasteiger partial charge on any atom is 0.232 e. The number of hydrogen-bond donors (Lipinski definition) is 4. The Kier molecular flexibility index (Phi) is 4.93. The van der Waals surface area contributed by atoms with Gasteiger partial charge in [0.05, 0.1) is 11.1 Å². The van der Waals surface area contributed by atoms with E-state index in [2.05, 4.69) is 23.8 Å². The molecular formula is C27H24N2O4. The second-order valence-electron chi connectivity index (χ2n) is 8.81. The largest absolute Gasteiger partial charge is 0.504 e. The normalized spacial score (nSPS) is 15.0. The number of hydrogen-bond acceptors (Lipinski definition) is 4. The molecule has 5 rings (SSSR count). The maximum absolute atomic E-state index is 13.5. The van der Waals surface area contributed by atoms with Crippen LogP contribution in [0.1, 0.15) is 37.1 Å². The number of para-hydroxylation sites is 2. The van der Waals surface area contributed by atoms with E-state index in [0.29, 0.717) is 28.9 Å². The summed E-state index contributed by atoms with van der Waals surface area (Å²) in [5.74, 6) is -2.40. The van der Waals surface area contributed by atoms with Crippen molar-refractivity contribution in [1.82, 2.24) is 9.97 Å². The van der Waals surface area contributed by atoms with Crippen LogP contribution in [0.15, 0.2) is 66.2 Å². The van der Waals surface area contributed by atoms with E-state index >= 15 is 0 Å². The van der Waals surface area contributed by atoms with Crippen molar-refractivity contribution in [3.63, 3.8) is 0 Å². The number of rotatable bonds is 5.